The van der Waals surface area contributed by atoms with Crippen LogP contribution in [-0.2, 0) is 0 Å². The Labute approximate surface area is 186 Å². The monoisotopic (exact) mass is 469 g/mol. The molecule has 0 aliphatic heterocycles. The Morgan fingerprint density at radius 2 is 1.63 bits per heavy atom. The van der Waals surface area contributed by atoms with E-state index in [1.165, 1.54) is 5.39 Å². The van der Waals surface area contributed by atoms with Gasteiger partial charge in [0.1, 0.15) is 5.01 Å². The maximum Gasteiger partial charge on any atom is 0.185 e. The van der Waals surface area contributed by atoms with Crippen molar-refractivity contribution in [3.05, 3.63) is 107 Å². The summed E-state index contributed by atoms with van der Waals surface area (Å²) in [5, 5.41) is 3.26. The molecule has 1 heterocycles. The number of carbonyl (C=O) groups is 1. The average Bonchev–Trinajstić information content (AvgIpc) is 3.23. The fourth-order valence-electron chi connectivity index (χ4n) is 3.41. The third-order valence-corrected chi connectivity index (χ3v) is 6.99. The van der Waals surface area contributed by atoms with Crippen LogP contribution in [0, 0.1) is 0 Å². The van der Waals surface area contributed by atoms with E-state index in [1.54, 1.807) is 17.4 Å². The average molecular weight is 470 g/mol. The number of rotatable bonds is 4. The first-order chi connectivity index (χ1) is 14.7. The molecule has 1 aromatic heterocycles. The number of carbonyl (C=O) groups excluding carboxylic acids is 1. The van der Waals surface area contributed by atoms with Gasteiger partial charge in [-0.25, -0.2) is 4.98 Å². The first kappa shape index (κ1) is 18.9. The van der Waals surface area contributed by atoms with Gasteiger partial charge >= 0.3 is 0 Å². The minimum atomic E-state index is -0.0223. The number of hydrogen-bond donors (Lipinski definition) is 0. The van der Waals surface area contributed by atoms with Gasteiger partial charge in [-0.15, -0.1) is 11.3 Å². The normalized spacial score (nSPS) is 11.5. The number of hydrogen-bond acceptors (Lipinski definition) is 3. The number of halogens is 1. The minimum Gasteiger partial charge on any atom is -0.289 e. The second kappa shape index (κ2) is 7.98. The lowest BCUT2D eigenvalue weighted by Gasteiger charge is -2.04. The van der Waals surface area contributed by atoms with Crippen LogP contribution in [0.2, 0.25) is 0 Å². The number of para-hydroxylation sites is 1. The highest BCUT2D eigenvalue weighted by atomic mass is 79.9. The molecule has 0 aliphatic rings. The molecule has 0 saturated carbocycles. The lowest BCUT2D eigenvalue weighted by molar-refractivity contribution is 0.104. The van der Waals surface area contributed by atoms with Crippen molar-refractivity contribution in [1.82, 2.24) is 4.98 Å². The molecule has 2 nitrogen and oxygen atoms in total. The zero-order valence-corrected chi connectivity index (χ0v) is 18.3. The van der Waals surface area contributed by atoms with Crippen LogP contribution in [0.4, 0.5) is 0 Å². The van der Waals surface area contributed by atoms with Crippen LogP contribution in [0.1, 0.15) is 15.9 Å². The SMILES string of the molecule is O=C(C=Cc1ccc2ccccc2c1Br)c1ccc(-c2nc3ccccc3s2)cc1. The van der Waals surface area contributed by atoms with E-state index in [0.717, 1.165) is 36.2 Å². The molecule has 0 aliphatic carbocycles. The predicted molar refractivity (Wildman–Crippen MR) is 130 cm³/mol. The molecule has 0 unspecified atom stereocenters. The van der Waals surface area contributed by atoms with E-state index >= 15 is 0 Å². The fourth-order valence-corrected chi connectivity index (χ4v) is 5.01. The Hall–Kier alpha value is -3.08. The molecule has 0 saturated heterocycles. The van der Waals surface area contributed by atoms with E-state index in [-0.39, 0.29) is 5.78 Å². The third-order valence-electron chi connectivity index (χ3n) is 5.02. The summed E-state index contributed by atoms with van der Waals surface area (Å²) >= 11 is 5.33. The molecule has 0 amide bonds. The molecule has 5 aromatic rings. The van der Waals surface area contributed by atoms with Gasteiger partial charge in [-0.3, -0.25) is 4.79 Å². The number of benzene rings is 4. The van der Waals surface area contributed by atoms with E-state index in [1.807, 2.05) is 66.7 Å². The zero-order chi connectivity index (χ0) is 20.5. The van der Waals surface area contributed by atoms with Gasteiger partial charge in [0.2, 0.25) is 0 Å². The molecule has 0 spiro atoms. The van der Waals surface area contributed by atoms with Crippen LogP contribution in [0.15, 0.2) is 95.5 Å². The highest BCUT2D eigenvalue weighted by molar-refractivity contribution is 9.10. The molecule has 0 radical (unpaired) electrons. The quantitative estimate of drug-likeness (QED) is 0.198. The van der Waals surface area contributed by atoms with Gasteiger partial charge in [0.15, 0.2) is 5.78 Å². The summed E-state index contributed by atoms with van der Waals surface area (Å²) in [4.78, 5) is 17.3. The summed E-state index contributed by atoms with van der Waals surface area (Å²) in [6.45, 7) is 0. The van der Waals surface area contributed by atoms with Crippen molar-refractivity contribution >= 4 is 60.1 Å². The summed E-state index contributed by atoms with van der Waals surface area (Å²) in [7, 11) is 0. The summed E-state index contributed by atoms with van der Waals surface area (Å²) in [6.07, 6.45) is 3.49. The smallest absolute Gasteiger partial charge is 0.185 e. The van der Waals surface area contributed by atoms with Crippen molar-refractivity contribution in [3.63, 3.8) is 0 Å². The summed E-state index contributed by atoms with van der Waals surface area (Å²) in [6, 6.07) is 28.0. The molecule has 0 atom stereocenters. The van der Waals surface area contributed by atoms with Crippen LogP contribution in [0.25, 0.3) is 37.6 Å². The number of allylic oxidation sites excluding steroid dienone is 1. The van der Waals surface area contributed by atoms with Crippen molar-refractivity contribution in [2.45, 2.75) is 0 Å². The Balaban J connectivity index is 1.38. The van der Waals surface area contributed by atoms with Crippen LogP contribution < -0.4 is 0 Å². The van der Waals surface area contributed by atoms with Crippen molar-refractivity contribution in [2.24, 2.45) is 0 Å². The Morgan fingerprint density at radius 3 is 2.47 bits per heavy atom. The lowest BCUT2D eigenvalue weighted by Crippen LogP contribution is -1.94. The molecule has 0 N–H and O–H groups in total. The van der Waals surface area contributed by atoms with Gasteiger partial charge < -0.3 is 0 Å². The highest BCUT2D eigenvalue weighted by Gasteiger charge is 2.08. The summed E-state index contributed by atoms with van der Waals surface area (Å²) < 4.78 is 2.16. The van der Waals surface area contributed by atoms with Gasteiger partial charge in [-0.05, 0) is 56.6 Å². The first-order valence-electron chi connectivity index (χ1n) is 9.55. The maximum absolute atomic E-state index is 12.7. The molecule has 144 valence electrons. The number of aromatic nitrogens is 1. The summed E-state index contributed by atoms with van der Waals surface area (Å²) in [5.41, 5.74) is 3.66. The van der Waals surface area contributed by atoms with Gasteiger partial charge in [0.05, 0.1) is 10.2 Å². The molecular weight excluding hydrogens is 454 g/mol. The Bertz CT molecular complexity index is 1380. The van der Waals surface area contributed by atoms with E-state index in [2.05, 4.69) is 45.2 Å². The van der Waals surface area contributed by atoms with Gasteiger partial charge in [-0.2, -0.15) is 0 Å². The standard InChI is InChI=1S/C26H16BrNOS/c27-25-19(12-9-17-5-1-2-6-21(17)25)15-16-23(29)18-10-13-20(14-11-18)26-28-22-7-3-4-8-24(22)30-26/h1-16H. The minimum absolute atomic E-state index is 0.0223. The zero-order valence-electron chi connectivity index (χ0n) is 15.9. The van der Waals surface area contributed by atoms with E-state index in [4.69, 9.17) is 0 Å². The first-order valence-corrected chi connectivity index (χ1v) is 11.2. The van der Waals surface area contributed by atoms with Crippen LogP contribution in [-0.4, -0.2) is 10.8 Å². The van der Waals surface area contributed by atoms with Crippen molar-refractivity contribution < 1.29 is 4.79 Å². The predicted octanol–water partition coefficient (Wildman–Crippen LogP) is 7.78. The fraction of sp³-hybridized carbons (Fsp3) is 0. The molecule has 4 aromatic carbocycles. The van der Waals surface area contributed by atoms with E-state index < -0.39 is 0 Å². The van der Waals surface area contributed by atoms with Crippen LogP contribution >= 0.6 is 27.3 Å². The molecule has 0 bridgehead atoms. The second-order valence-electron chi connectivity index (χ2n) is 6.95. The van der Waals surface area contributed by atoms with Crippen LogP contribution in [0.5, 0.6) is 0 Å². The molecule has 0 fully saturated rings. The number of nitrogens with zero attached hydrogens (tertiary/aromatic N) is 1. The molecule has 4 heteroatoms. The van der Waals surface area contributed by atoms with Gasteiger partial charge in [0, 0.05) is 15.6 Å². The van der Waals surface area contributed by atoms with E-state index in [9.17, 15) is 4.79 Å². The topological polar surface area (TPSA) is 30.0 Å². The number of ketones is 1. The third kappa shape index (κ3) is 3.60. The van der Waals surface area contributed by atoms with E-state index in [0.29, 0.717) is 5.56 Å². The Morgan fingerprint density at radius 1 is 0.867 bits per heavy atom. The van der Waals surface area contributed by atoms with Crippen molar-refractivity contribution in [1.29, 1.82) is 0 Å². The molecular formula is C26H16BrNOS. The lowest BCUT2D eigenvalue weighted by atomic mass is 10.0. The summed E-state index contributed by atoms with van der Waals surface area (Å²) in [5.74, 6) is -0.0223. The largest absolute Gasteiger partial charge is 0.289 e. The Kier molecular flexibility index (Phi) is 5.03. The maximum atomic E-state index is 12.7. The number of fused-ring (bicyclic) bond motifs is 2. The number of thiazole rings is 1. The second-order valence-corrected chi connectivity index (χ2v) is 8.78. The van der Waals surface area contributed by atoms with Crippen molar-refractivity contribution in [3.8, 4) is 10.6 Å². The van der Waals surface area contributed by atoms with Crippen molar-refractivity contribution in [2.75, 3.05) is 0 Å². The highest BCUT2D eigenvalue weighted by Crippen LogP contribution is 2.31. The molecule has 5 rings (SSSR count). The molecule has 30 heavy (non-hydrogen) atoms. The van der Waals surface area contributed by atoms with Gasteiger partial charge in [-0.1, -0.05) is 72.8 Å². The van der Waals surface area contributed by atoms with Crippen LogP contribution in [0.3, 0.4) is 0 Å². The van der Waals surface area contributed by atoms with Gasteiger partial charge in [0.25, 0.3) is 0 Å².